The van der Waals surface area contributed by atoms with E-state index < -0.39 is 0 Å². The van der Waals surface area contributed by atoms with Gasteiger partial charge in [-0.25, -0.2) is 4.98 Å². The highest BCUT2D eigenvalue weighted by Crippen LogP contribution is 2.19. The number of aromatic nitrogens is 1. The molecule has 148 valence electrons. The molecule has 1 aliphatic rings. The first kappa shape index (κ1) is 20.4. The molecule has 0 bridgehead atoms. The molecule has 6 nitrogen and oxygen atoms in total. The first-order chi connectivity index (χ1) is 13.6. The third-order valence-electron chi connectivity index (χ3n) is 4.08. The van der Waals surface area contributed by atoms with E-state index in [9.17, 15) is 4.79 Å². The quantitative estimate of drug-likeness (QED) is 0.383. The molecule has 1 saturated heterocycles. The summed E-state index contributed by atoms with van der Waals surface area (Å²) in [7, 11) is 0. The molecule has 0 atom stereocenters. The van der Waals surface area contributed by atoms with Crippen LogP contribution in [0, 0.1) is 6.92 Å². The number of nitrogens with zero attached hydrogens (tertiary/aromatic N) is 2. The number of carbonyl (C=O) groups excluding carboxylic acids is 1. The van der Waals surface area contributed by atoms with Crippen molar-refractivity contribution in [1.82, 2.24) is 15.2 Å². The van der Waals surface area contributed by atoms with Gasteiger partial charge in [-0.05, 0) is 56.3 Å². The number of nitrogens with one attached hydrogen (secondary N) is 1. The summed E-state index contributed by atoms with van der Waals surface area (Å²) < 4.78 is 11.1. The SMILES string of the molecule is CCOCCCN1C(=O)/C(=C\c2ccc(OCc3csc(C)n3)cc2)NC1=S. The lowest BCUT2D eigenvalue weighted by Gasteiger charge is -2.13. The van der Waals surface area contributed by atoms with Crippen LogP contribution in [0.1, 0.15) is 29.6 Å². The molecule has 0 saturated carbocycles. The van der Waals surface area contributed by atoms with Crippen molar-refractivity contribution in [1.29, 1.82) is 0 Å². The maximum atomic E-state index is 12.5. The molecule has 1 aliphatic heterocycles. The number of rotatable bonds is 9. The predicted molar refractivity (Wildman–Crippen MR) is 114 cm³/mol. The van der Waals surface area contributed by atoms with E-state index in [1.54, 1.807) is 22.3 Å². The van der Waals surface area contributed by atoms with Crippen LogP contribution in [-0.4, -0.2) is 40.7 Å². The van der Waals surface area contributed by atoms with Gasteiger partial charge in [-0.1, -0.05) is 12.1 Å². The third-order valence-corrected chi connectivity index (χ3v) is 5.23. The number of carbonyl (C=O) groups is 1. The molecule has 1 N–H and O–H groups in total. The second kappa shape index (κ2) is 9.77. The minimum Gasteiger partial charge on any atom is -0.487 e. The largest absolute Gasteiger partial charge is 0.487 e. The van der Waals surface area contributed by atoms with Crippen LogP contribution in [0.15, 0.2) is 35.3 Å². The summed E-state index contributed by atoms with van der Waals surface area (Å²) in [5.41, 5.74) is 2.30. The third kappa shape index (κ3) is 5.37. The highest BCUT2D eigenvalue weighted by Gasteiger charge is 2.29. The van der Waals surface area contributed by atoms with E-state index in [0.29, 0.717) is 37.2 Å². The Morgan fingerprint density at radius 3 is 2.79 bits per heavy atom. The number of hydrogen-bond donors (Lipinski definition) is 1. The highest BCUT2D eigenvalue weighted by molar-refractivity contribution is 7.80. The van der Waals surface area contributed by atoms with Gasteiger partial charge in [0, 0.05) is 25.1 Å². The van der Waals surface area contributed by atoms with E-state index >= 15 is 0 Å². The molecule has 0 aliphatic carbocycles. The van der Waals surface area contributed by atoms with Crippen LogP contribution in [0.3, 0.4) is 0 Å². The average Bonchev–Trinajstić information content (AvgIpc) is 3.22. The summed E-state index contributed by atoms with van der Waals surface area (Å²) in [6.45, 7) is 6.19. The first-order valence-electron chi connectivity index (χ1n) is 9.13. The molecule has 0 spiro atoms. The Morgan fingerprint density at radius 1 is 1.32 bits per heavy atom. The fourth-order valence-electron chi connectivity index (χ4n) is 2.70. The van der Waals surface area contributed by atoms with Gasteiger partial charge in [-0.2, -0.15) is 0 Å². The van der Waals surface area contributed by atoms with Gasteiger partial charge < -0.3 is 14.8 Å². The van der Waals surface area contributed by atoms with E-state index in [1.165, 1.54) is 0 Å². The minimum absolute atomic E-state index is 0.110. The monoisotopic (exact) mass is 417 g/mol. The van der Waals surface area contributed by atoms with E-state index in [0.717, 1.165) is 28.4 Å². The summed E-state index contributed by atoms with van der Waals surface area (Å²) in [6.07, 6.45) is 2.55. The van der Waals surface area contributed by atoms with Crippen molar-refractivity contribution in [2.45, 2.75) is 26.9 Å². The molecule has 0 radical (unpaired) electrons. The van der Waals surface area contributed by atoms with Crippen molar-refractivity contribution in [2.75, 3.05) is 19.8 Å². The molecule has 3 rings (SSSR count). The van der Waals surface area contributed by atoms with Gasteiger partial charge in [-0.15, -0.1) is 11.3 Å². The van der Waals surface area contributed by atoms with E-state index in [4.69, 9.17) is 21.7 Å². The highest BCUT2D eigenvalue weighted by atomic mass is 32.1. The van der Waals surface area contributed by atoms with E-state index in [1.807, 2.05) is 43.5 Å². The Bertz CT molecular complexity index is 862. The molecular weight excluding hydrogens is 394 g/mol. The van der Waals surface area contributed by atoms with Crippen molar-refractivity contribution in [3.8, 4) is 5.75 Å². The summed E-state index contributed by atoms with van der Waals surface area (Å²) in [5, 5.41) is 6.45. The number of hydrogen-bond acceptors (Lipinski definition) is 6. The number of thiazole rings is 1. The molecule has 2 aromatic rings. The zero-order valence-electron chi connectivity index (χ0n) is 15.9. The topological polar surface area (TPSA) is 63.7 Å². The molecule has 1 aromatic heterocycles. The van der Waals surface area contributed by atoms with E-state index in [-0.39, 0.29) is 5.91 Å². The lowest BCUT2D eigenvalue weighted by molar-refractivity contribution is -0.122. The maximum absolute atomic E-state index is 12.5. The summed E-state index contributed by atoms with van der Waals surface area (Å²) >= 11 is 6.89. The normalized spacial score (nSPS) is 15.4. The summed E-state index contributed by atoms with van der Waals surface area (Å²) in [6, 6.07) is 7.57. The molecule has 1 aromatic carbocycles. The average molecular weight is 418 g/mol. The van der Waals surface area contributed by atoms with Gasteiger partial charge in [0.2, 0.25) is 0 Å². The van der Waals surface area contributed by atoms with Crippen molar-refractivity contribution in [2.24, 2.45) is 0 Å². The zero-order valence-corrected chi connectivity index (χ0v) is 17.6. The van der Waals surface area contributed by atoms with Crippen LogP contribution in [0.4, 0.5) is 0 Å². The molecular formula is C20H23N3O3S2. The number of benzene rings is 1. The van der Waals surface area contributed by atoms with Crippen LogP contribution >= 0.6 is 23.6 Å². The van der Waals surface area contributed by atoms with Gasteiger partial charge in [0.05, 0.1) is 10.7 Å². The maximum Gasteiger partial charge on any atom is 0.276 e. The zero-order chi connectivity index (χ0) is 19.9. The van der Waals surface area contributed by atoms with Gasteiger partial charge in [0.15, 0.2) is 5.11 Å². The van der Waals surface area contributed by atoms with Crippen LogP contribution in [0.25, 0.3) is 6.08 Å². The van der Waals surface area contributed by atoms with Crippen molar-refractivity contribution < 1.29 is 14.3 Å². The van der Waals surface area contributed by atoms with Crippen LogP contribution in [0.5, 0.6) is 5.75 Å². The van der Waals surface area contributed by atoms with Gasteiger partial charge >= 0.3 is 0 Å². The second-order valence-electron chi connectivity index (χ2n) is 6.21. The molecule has 0 unspecified atom stereocenters. The van der Waals surface area contributed by atoms with Crippen molar-refractivity contribution >= 4 is 40.7 Å². The minimum atomic E-state index is -0.110. The molecule has 8 heteroatoms. The van der Waals surface area contributed by atoms with Gasteiger partial charge in [0.1, 0.15) is 18.1 Å². The van der Waals surface area contributed by atoms with Crippen LogP contribution in [0.2, 0.25) is 0 Å². The Labute approximate surface area is 174 Å². The Morgan fingerprint density at radius 2 is 2.11 bits per heavy atom. The Kier molecular flexibility index (Phi) is 7.13. The molecule has 1 fully saturated rings. The lowest BCUT2D eigenvalue weighted by Crippen LogP contribution is -2.32. The molecule has 28 heavy (non-hydrogen) atoms. The number of ether oxygens (including phenoxy) is 2. The summed E-state index contributed by atoms with van der Waals surface area (Å²) in [4.78, 5) is 18.5. The van der Waals surface area contributed by atoms with Crippen molar-refractivity contribution in [3.05, 3.63) is 51.6 Å². The summed E-state index contributed by atoms with van der Waals surface area (Å²) in [5.74, 6) is 0.646. The van der Waals surface area contributed by atoms with Crippen molar-refractivity contribution in [3.63, 3.8) is 0 Å². The second-order valence-corrected chi connectivity index (χ2v) is 7.66. The number of amides is 1. The van der Waals surface area contributed by atoms with Crippen LogP contribution in [-0.2, 0) is 16.1 Å². The molecule has 1 amide bonds. The number of aryl methyl sites for hydroxylation is 1. The smallest absolute Gasteiger partial charge is 0.276 e. The Hall–Kier alpha value is -2.29. The first-order valence-corrected chi connectivity index (χ1v) is 10.4. The lowest BCUT2D eigenvalue weighted by atomic mass is 10.2. The standard InChI is InChI=1S/C20H23N3O3S2/c1-3-25-10-4-9-23-19(24)18(22-20(23)27)11-15-5-7-17(8-6-15)26-12-16-13-28-14(2)21-16/h5-8,11,13H,3-4,9-10,12H2,1-2H3,(H,22,27)/b18-11+. The molecule has 2 heterocycles. The predicted octanol–water partition coefficient (Wildman–Crippen LogP) is 3.51. The fraction of sp³-hybridized carbons (Fsp3) is 0.350. The fourth-order valence-corrected chi connectivity index (χ4v) is 3.58. The van der Waals surface area contributed by atoms with Gasteiger partial charge in [0.25, 0.3) is 5.91 Å². The van der Waals surface area contributed by atoms with Crippen LogP contribution < -0.4 is 10.1 Å². The number of thiocarbonyl (C=S) groups is 1. The van der Waals surface area contributed by atoms with E-state index in [2.05, 4.69) is 10.3 Å². The van der Waals surface area contributed by atoms with Gasteiger partial charge in [-0.3, -0.25) is 9.69 Å². The Balaban J connectivity index is 1.57.